The second kappa shape index (κ2) is 9.46. The summed E-state index contributed by atoms with van der Waals surface area (Å²) in [5, 5.41) is 2.84. The number of carbonyl (C=O) groups excluding carboxylic acids is 2. The Hall–Kier alpha value is -1.73. The van der Waals surface area contributed by atoms with E-state index in [1.807, 2.05) is 18.4 Å². The topological polar surface area (TPSA) is 61.9 Å². The fraction of sp³-hybridized carbons (Fsp3) is 0.600. The van der Waals surface area contributed by atoms with Gasteiger partial charge in [0.1, 0.15) is 11.8 Å². The van der Waals surface area contributed by atoms with Crippen molar-refractivity contribution in [1.29, 1.82) is 0 Å². The summed E-state index contributed by atoms with van der Waals surface area (Å²) >= 11 is 1.69. The van der Waals surface area contributed by atoms with Gasteiger partial charge >= 0.3 is 6.03 Å². The first kappa shape index (κ1) is 20.0. The molecule has 3 rings (SSSR count). The molecule has 148 valence electrons. The van der Waals surface area contributed by atoms with Crippen molar-refractivity contribution in [3.8, 4) is 5.75 Å². The van der Waals surface area contributed by atoms with Gasteiger partial charge in [-0.3, -0.25) is 9.69 Å². The van der Waals surface area contributed by atoms with Crippen LogP contribution in [0, 0.1) is 0 Å². The number of thioether (sulfide) groups is 1. The van der Waals surface area contributed by atoms with Crippen LogP contribution in [0.2, 0.25) is 0 Å². The fourth-order valence-electron chi connectivity index (χ4n) is 3.86. The Labute approximate surface area is 165 Å². The molecular weight excluding hydrogens is 362 g/mol. The summed E-state index contributed by atoms with van der Waals surface area (Å²) in [6.07, 6.45) is 7.15. The number of ether oxygens (including phenoxy) is 1. The maximum Gasteiger partial charge on any atom is 0.325 e. The molecule has 2 fully saturated rings. The van der Waals surface area contributed by atoms with E-state index in [9.17, 15) is 9.59 Å². The number of nitrogens with one attached hydrogen (secondary N) is 1. The van der Waals surface area contributed by atoms with Crippen molar-refractivity contribution in [2.45, 2.75) is 44.2 Å². The monoisotopic (exact) mass is 391 g/mol. The van der Waals surface area contributed by atoms with Gasteiger partial charge in [0.25, 0.3) is 5.91 Å². The van der Waals surface area contributed by atoms with Gasteiger partial charge in [0, 0.05) is 12.6 Å². The molecule has 0 aliphatic carbocycles. The second-order valence-corrected chi connectivity index (χ2v) is 8.13. The number of benzene rings is 1. The summed E-state index contributed by atoms with van der Waals surface area (Å²) in [5.74, 6) is 1.61. The van der Waals surface area contributed by atoms with Crippen molar-refractivity contribution in [2.24, 2.45) is 0 Å². The number of rotatable bonds is 7. The van der Waals surface area contributed by atoms with Gasteiger partial charge in [0.05, 0.1) is 13.8 Å². The molecule has 27 heavy (non-hydrogen) atoms. The highest BCUT2D eigenvalue weighted by atomic mass is 32.2. The van der Waals surface area contributed by atoms with Crippen LogP contribution in [0.3, 0.4) is 0 Å². The zero-order valence-electron chi connectivity index (χ0n) is 16.1. The Balaban J connectivity index is 1.73. The van der Waals surface area contributed by atoms with Crippen molar-refractivity contribution in [3.05, 3.63) is 29.8 Å². The number of urea groups is 1. The minimum Gasteiger partial charge on any atom is -0.497 e. The molecule has 0 saturated carbocycles. The molecule has 0 spiro atoms. The van der Waals surface area contributed by atoms with E-state index in [1.165, 1.54) is 16.9 Å². The molecule has 1 aromatic rings. The lowest BCUT2D eigenvalue weighted by atomic mass is 10.0. The number of imide groups is 1. The predicted octanol–water partition coefficient (Wildman–Crippen LogP) is 3.24. The van der Waals surface area contributed by atoms with Crippen molar-refractivity contribution in [2.75, 3.05) is 32.3 Å². The number of hydrogen-bond acceptors (Lipinski definition) is 5. The largest absolute Gasteiger partial charge is 0.497 e. The average molecular weight is 392 g/mol. The summed E-state index contributed by atoms with van der Waals surface area (Å²) < 4.78 is 5.27. The van der Waals surface area contributed by atoms with Gasteiger partial charge in [0.15, 0.2) is 0 Å². The molecule has 7 heteroatoms. The molecular formula is C20H29N3O3S. The third-order valence-corrected chi connectivity index (χ3v) is 6.05. The van der Waals surface area contributed by atoms with E-state index in [4.69, 9.17) is 4.74 Å². The first-order chi connectivity index (χ1) is 13.1. The minimum atomic E-state index is -0.378. The molecule has 0 unspecified atom stereocenters. The standard InChI is InChI=1S/C20H29N3O3S/c1-26-16-9-7-15(8-10-16)18-6-4-3-5-12-22(18)14-23-19(24)17(11-13-27-2)21-20(23)25/h7-10,17-18H,3-6,11-14H2,1-2H3,(H,21,25)/t17-,18-/m0/s1. The van der Waals surface area contributed by atoms with E-state index in [0.29, 0.717) is 13.1 Å². The number of carbonyl (C=O) groups is 2. The third-order valence-electron chi connectivity index (χ3n) is 5.40. The number of nitrogens with zero attached hydrogens (tertiary/aromatic N) is 2. The lowest BCUT2D eigenvalue weighted by Crippen LogP contribution is -2.43. The van der Waals surface area contributed by atoms with Crippen molar-refractivity contribution in [1.82, 2.24) is 15.1 Å². The molecule has 0 radical (unpaired) electrons. The number of methoxy groups -OCH3 is 1. The Kier molecular flexibility index (Phi) is 7.01. The SMILES string of the molecule is COc1ccc([C@@H]2CCCCCN2CN2C(=O)N[C@@H](CCSC)C2=O)cc1. The second-order valence-electron chi connectivity index (χ2n) is 7.14. The van der Waals surface area contributed by atoms with Gasteiger partial charge in [-0.25, -0.2) is 9.69 Å². The van der Waals surface area contributed by atoms with E-state index in [2.05, 4.69) is 22.3 Å². The molecule has 1 N–H and O–H groups in total. The fourth-order valence-corrected chi connectivity index (χ4v) is 4.34. The highest BCUT2D eigenvalue weighted by Crippen LogP contribution is 2.31. The zero-order valence-corrected chi connectivity index (χ0v) is 17.0. The van der Waals surface area contributed by atoms with Gasteiger partial charge in [-0.05, 0) is 49.0 Å². The Morgan fingerprint density at radius 1 is 1.19 bits per heavy atom. The van der Waals surface area contributed by atoms with Crippen LogP contribution in [0.15, 0.2) is 24.3 Å². The highest BCUT2D eigenvalue weighted by molar-refractivity contribution is 7.98. The first-order valence-corrected chi connectivity index (χ1v) is 11.0. The molecule has 2 heterocycles. The van der Waals surface area contributed by atoms with Crippen LogP contribution in [0.1, 0.15) is 43.7 Å². The van der Waals surface area contributed by atoms with Crippen LogP contribution in [0.25, 0.3) is 0 Å². The van der Waals surface area contributed by atoms with Crippen molar-refractivity contribution < 1.29 is 14.3 Å². The average Bonchev–Trinajstić information content (AvgIpc) is 2.85. The number of amides is 3. The number of likely N-dealkylation sites (tertiary alicyclic amines) is 1. The lowest BCUT2D eigenvalue weighted by molar-refractivity contribution is -0.129. The highest BCUT2D eigenvalue weighted by Gasteiger charge is 2.39. The van der Waals surface area contributed by atoms with Gasteiger partial charge in [0.2, 0.25) is 0 Å². The van der Waals surface area contributed by atoms with E-state index in [0.717, 1.165) is 37.3 Å². The van der Waals surface area contributed by atoms with Crippen LogP contribution in [0.4, 0.5) is 4.79 Å². The summed E-state index contributed by atoms with van der Waals surface area (Å²) in [5.41, 5.74) is 1.21. The summed E-state index contributed by atoms with van der Waals surface area (Å²) in [6.45, 7) is 1.25. The molecule has 1 aromatic carbocycles. The van der Waals surface area contributed by atoms with Crippen LogP contribution < -0.4 is 10.1 Å². The molecule has 2 aliphatic rings. The Morgan fingerprint density at radius 2 is 1.96 bits per heavy atom. The molecule has 2 aliphatic heterocycles. The lowest BCUT2D eigenvalue weighted by Gasteiger charge is -2.32. The molecule has 3 amide bonds. The Bertz CT molecular complexity index is 652. The molecule has 6 nitrogen and oxygen atoms in total. The summed E-state index contributed by atoms with van der Waals surface area (Å²) in [4.78, 5) is 28.8. The normalized spacial score (nSPS) is 24.0. The van der Waals surface area contributed by atoms with Crippen LogP contribution in [0.5, 0.6) is 5.75 Å². The van der Waals surface area contributed by atoms with Crippen molar-refractivity contribution in [3.63, 3.8) is 0 Å². The maximum atomic E-state index is 12.7. The van der Waals surface area contributed by atoms with Gasteiger partial charge in [-0.2, -0.15) is 11.8 Å². The van der Waals surface area contributed by atoms with Crippen molar-refractivity contribution >= 4 is 23.7 Å². The zero-order chi connectivity index (χ0) is 19.2. The third kappa shape index (κ3) is 4.76. The molecule has 0 aromatic heterocycles. The van der Waals surface area contributed by atoms with E-state index in [1.54, 1.807) is 18.9 Å². The van der Waals surface area contributed by atoms with E-state index < -0.39 is 0 Å². The van der Waals surface area contributed by atoms with Gasteiger partial charge in [-0.1, -0.05) is 25.0 Å². The van der Waals surface area contributed by atoms with Crippen LogP contribution in [-0.4, -0.2) is 60.1 Å². The van der Waals surface area contributed by atoms with Gasteiger partial charge < -0.3 is 10.1 Å². The minimum absolute atomic E-state index is 0.0909. The van der Waals surface area contributed by atoms with Crippen LogP contribution >= 0.6 is 11.8 Å². The smallest absolute Gasteiger partial charge is 0.325 e. The van der Waals surface area contributed by atoms with Crippen LogP contribution in [-0.2, 0) is 4.79 Å². The van der Waals surface area contributed by atoms with Gasteiger partial charge in [-0.15, -0.1) is 0 Å². The summed E-state index contributed by atoms with van der Waals surface area (Å²) in [6, 6.07) is 7.71. The van der Waals surface area contributed by atoms with E-state index in [-0.39, 0.29) is 24.0 Å². The first-order valence-electron chi connectivity index (χ1n) is 9.63. The quantitative estimate of drug-likeness (QED) is 0.723. The Morgan fingerprint density at radius 3 is 2.67 bits per heavy atom. The predicted molar refractivity (Wildman–Crippen MR) is 108 cm³/mol. The molecule has 2 atom stereocenters. The maximum absolute atomic E-state index is 12.7. The van der Waals surface area contributed by atoms with E-state index >= 15 is 0 Å². The summed E-state index contributed by atoms with van der Waals surface area (Å²) in [7, 11) is 1.66. The number of hydrogen-bond donors (Lipinski definition) is 1. The molecule has 2 saturated heterocycles. The molecule has 0 bridgehead atoms.